The van der Waals surface area contributed by atoms with E-state index >= 15 is 0 Å². The fraction of sp³-hybridized carbons (Fsp3) is 0.500. The van der Waals surface area contributed by atoms with Crippen LogP contribution in [0.2, 0.25) is 5.02 Å². The molecule has 0 radical (unpaired) electrons. The number of urea groups is 1. The number of carbonyl (C=O) groups is 1. The zero-order valence-corrected chi connectivity index (χ0v) is 19.4. The monoisotopic (exact) mass is 458 g/mol. The quantitative estimate of drug-likeness (QED) is 0.612. The Morgan fingerprint density at radius 3 is 2.75 bits per heavy atom. The molecule has 2 saturated heterocycles. The average molecular weight is 459 g/mol. The lowest BCUT2D eigenvalue weighted by atomic mass is 10.1. The zero-order valence-electron chi connectivity index (χ0n) is 18.6. The first-order valence-corrected chi connectivity index (χ1v) is 11.4. The fourth-order valence-corrected chi connectivity index (χ4v) is 4.32. The molecule has 2 aromatic rings. The minimum atomic E-state index is -0.224. The molecule has 0 bridgehead atoms. The van der Waals surface area contributed by atoms with Crippen LogP contribution in [0.15, 0.2) is 30.5 Å². The van der Waals surface area contributed by atoms with Gasteiger partial charge in [0.05, 0.1) is 0 Å². The third-order valence-corrected chi connectivity index (χ3v) is 6.36. The van der Waals surface area contributed by atoms with Gasteiger partial charge in [0, 0.05) is 75.8 Å². The number of nitrogens with one attached hydrogen (secondary N) is 3. The number of nitrogens with zero attached hydrogens (tertiary/aromatic N) is 5. The van der Waals surface area contributed by atoms with Crippen molar-refractivity contribution in [2.24, 2.45) is 0 Å². The minimum absolute atomic E-state index is 0.0509. The number of benzene rings is 1. The first kappa shape index (κ1) is 22.6. The highest BCUT2D eigenvalue weighted by atomic mass is 35.5. The van der Waals surface area contributed by atoms with Crippen molar-refractivity contribution in [2.45, 2.75) is 19.0 Å². The zero-order chi connectivity index (χ0) is 22.5. The number of rotatable bonds is 6. The predicted molar refractivity (Wildman–Crippen MR) is 129 cm³/mol. The predicted octanol–water partition coefficient (Wildman–Crippen LogP) is 2.32. The SMILES string of the molecule is CNc1nccc(N2CC[C@H](NC(=O)Nc3ccc(CN4CCN(C)CC4)c(Cl)c3)C2)n1. The molecule has 32 heavy (non-hydrogen) atoms. The van der Waals surface area contributed by atoms with Gasteiger partial charge in [-0.25, -0.2) is 9.78 Å². The van der Waals surface area contributed by atoms with Gasteiger partial charge in [0.25, 0.3) is 0 Å². The summed E-state index contributed by atoms with van der Waals surface area (Å²) >= 11 is 6.51. The standard InChI is InChI=1S/C22H31ClN8O/c1-24-21-25-7-5-20(28-21)31-8-6-18(15-31)27-22(32)26-17-4-3-16(19(23)13-17)14-30-11-9-29(2)10-12-30/h3-5,7,13,18H,6,8-12,14-15H2,1-2H3,(H,24,25,28)(H2,26,27,32)/t18-/m0/s1. The Labute approximate surface area is 194 Å². The number of amides is 2. The molecule has 0 saturated carbocycles. The van der Waals surface area contributed by atoms with E-state index in [1.165, 1.54) is 0 Å². The molecule has 1 aromatic carbocycles. The van der Waals surface area contributed by atoms with E-state index in [9.17, 15) is 4.79 Å². The molecule has 2 aliphatic heterocycles. The number of hydrogen-bond donors (Lipinski definition) is 3. The molecular weight excluding hydrogens is 428 g/mol. The molecule has 172 valence electrons. The van der Waals surface area contributed by atoms with Gasteiger partial charge in [0.15, 0.2) is 0 Å². The van der Waals surface area contributed by atoms with Crippen LogP contribution in [0.1, 0.15) is 12.0 Å². The van der Waals surface area contributed by atoms with Crippen LogP contribution in [-0.2, 0) is 6.54 Å². The molecule has 4 rings (SSSR count). The van der Waals surface area contributed by atoms with Crippen LogP contribution < -0.4 is 20.9 Å². The Kier molecular flexibility index (Phi) is 7.29. The lowest BCUT2D eigenvalue weighted by molar-refractivity contribution is 0.148. The number of likely N-dealkylation sites (N-methyl/N-ethyl adjacent to an activating group) is 1. The van der Waals surface area contributed by atoms with Gasteiger partial charge in [-0.1, -0.05) is 17.7 Å². The molecule has 9 nitrogen and oxygen atoms in total. The molecule has 3 heterocycles. The molecule has 0 spiro atoms. The largest absolute Gasteiger partial charge is 0.357 e. The summed E-state index contributed by atoms with van der Waals surface area (Å²) in [7, 11) is 3.94. The summed E-state index contributed by atoms with van der Waals surface area (Å²) in [5, 5.41) is 9.59. The van der Waals surface area contributed by atoms with Crippen LogP contribution in [0, 0.1) is 0 Å². The number of carbonyl (C=O) groups excluding carboxylic acids is 1. The Morgan fingerprint density at radius 2 is 2.00 bits per heavy atom. The van der Waals surface area contributed by atoms with Crippen molar-refractivity contribution < 1.29 is 4.79 Å². The summed E-state index contributed by atoms with van der Waals surface area (Å²) in [6, 6.07) is 7.45. The van der Waals surface area contributed by atoms with E-state index in [4.69, 9.17) is 11.6 Å². The Bertz CT molecular complexity index is 934. The second kappa shape index (κ2) is 10.3. The van der Waals surface area contributed by atoms with Gasteiger partial charge in [-0.2, -0.15) is 4.98 Å². The number of aromatic nitrogens is 2. The summed E-state index contributed by atoms with van der Waals surface area (Å²) in [6.07, 6.45) is 2.59. The summed E-state index contributed by atoms with van der Waals surface area (Å²) in [4.78, 5) is 28.0. The van der Waals surface area contributed by atoms with Crippen LogP contribution in [0.3, 0.4) is 0 Å². The van der Waals surface area contributed by atoms with Gasteiger partial charge >= 0.3 is 6.03 Å². The first-order chi connectivity index (χ1) is 15.5. The molecule has 1 atom stereocenters. The molecule has 2 amide bonds. The minimum Gasteiger partial charge on any atom is -0.357 e. The maximum absolute atomic E-state index is 12.5. The molecule has 2 fully saturated rings. The van der Waals surface area contributed by atoms with Crippen LogP contribution in [-0.4, -0.2) is 85.2 Å². The molecule has 3 N–H and O–H groups in total. The maximum atomic E-state index is 12.5. The maximum Gasteiger partial charge on any atom is 0.319 e. The van der Waals surface area contributed by atoms with Gasteiger partial charge in [0.2, 0.25) is 5.95 Å². The first-order valence-electron chi connectivity index (χ1n) is 11.0. The number of hydrogen-bond acceptors (Lipinski definition) is 7. The highest BCUT2D eigenvalue weighted by molar-refractivity contribution is 6.31. The smallest absolute Gasteiger partial charge is 0.319 e. The van der Waals surface area contributed by atoms with Gasteiger partial charge in [0.1, 0.15) is 5.82 Å². The molecule has 1 aromatic heterocycles. The van der Waals surface area contributed by atoms with Crippen LogP contribution >= 0.6 is 11.6 Å². The van der Waals surface area contributed by atoms with Gasteiger partial charge in [-0.05, 0) is 37.2 Å². The van der Waals surface area contributed by atoms with Crippen LogP contribution in [0.5, 0.6) is 0 Å². The highest BCUT2D eigenvalue weighted by Crippen LogP contribution is 2.23. The highest BCUT2D eigenvalue weighted by Gasteiger charge is 2.25. The van der Waals surface area contributed by atoms with E-state index in [-0.39, 0.29) is 12.1 Å². The number of halogens is 1. The topological polar surface area (TPSA) is 88.7 Å². The van der Waals surface area contributed by atoms with E-state index in [0.29, 0.717) is 23.2 Å². The van der Waals surface area contributed by atoms with Crippen molar-refractivity contribution >= 4 is 35.1 Å². The second-order valence-corrected chi connectivity index (χ2v) is 8.81. The fourth-order valence-electron chi connectivity index (χ4n) is 4.08. The van der Waals surface area contributed by atoms with Gasteiger partial charge in [-0.3, -0.25) is 4.90 Å². The van der Waals surface area contributed by atoms with Gasteiger partial charge < -0.3 is 25.8 Å². The summed E-state index contributed by atoms with van der Waals surface area (Å²) in [5.41, 5.74) is 1.78. The summed E-state index contributed by atoms with van der Waals surface area (Å²) in [5.74, 6) is 1.45. The van der Waals surface area contributed by atoms with Crippen molar-refractivity contribution in [3.05, 3.63) is 41.0 Å². The van der Waals surface area contributed by atoms with E-state index in [1.54, 1.807) is 13.2 Å². The number of piperazine rings is 1. The van der Waals surface area contributed by atoms with E-state index in [2.05, 4.69) is 47.7 Å². The second-order valence-electron chi connectivity index (χ2n) is 8.40. The number of anilines is 3. The van der Waals surface area contributed by atoms with Crippen molar-refractivity contribution in [1.82, 2.24) is 25.1 Å². The lowest BCUT2D eigenvalue weighted by Gasteiger charge is -2.32. The molecule has 10 heteroatoms. The van der Waals surface area contributed by atoms with Crippen LogP contribution in [0.25, 0.3) is 0 Å². The summed E-state index contributed by atoms with van der Waals surface area (Å²) < 4.78 is 0. The van der Waals surface area contributed by atoms with Crippen LogP contribution in [0.4, 0.5) is 22.2 Å². The molecule has 0 aliphatic carbocycles. The van der Waals surface area contributed by atoms with E-state index in [1.807, 2.05) is 24.3 Å². The molecular formula is C22H31ClN8O. The molecule has 0 unspecified atom stereocenters. The Hall–Kier alpha value is -2.62. The Morgan fingerprint density at radius 1 is 1.19 bits per heavy atom. The lowest BCUT2D eigenvalue weighted by Crippen LogP contribution is -2.43. The average Bonchev–Trinajstić information content (AvgIpc) is 3.25. The Balaban J connectivity index is 1.27. The third-order valence-electron chi connectivity index (χ3n) is 6.01. The van der Waals surface area contributed by atoms with Gasteiger partial charge in [-0.15, -0.1) is 0 Å². The van der Waals surface area contributed by atoms with E-state index in [0.717, 1.165) is 57.1 Å². The van der Waals surface area contributed by atoms with Crippen molar-refractivity contribution in [1.29, 1.82) is 0 Å². The molecule has 2 aliphatic rings. The third kappa shape index (κ3) is 5.79. The van der Waals surface area contributed by atoms with E-state index < -0.39 is 0 Å². The van der Waals surface area contributed by atoms with Crippen molar-refractivity contribution in [2.75, 3.05) is 68.9 Å². The van der Waals surface area contributed by atoms with Crippen molar-refractivity contribution in [3.8, 4) is 0 Å². The summed E-state index contributed by atoms with van der Waals surface area (Å²) in [6.45, 7) is 6.59. The van der Waals surface area contributed by atoms with Crippen molar-refractivity contribution in [3.63, 3.8) is 0 Å². The normalized spacial score (nSPS) is 19.7.